The molecule has 1 aliphatic carbocycles. The van der Waals surface area contributed by atoms with Gasteiger partial charge in [0.05, 0.1) is 7.11 Å². The Bertz CT molecular complexity index is 331. The van der Waals surface area contributed by atoms with E-state index in [2.05, 4.69) is 9.85 Å². The quantitative estimate of drug-likeness (QED) is 0.587. The Hall–Kier alpha value is 0.792. The maximum absolute atomic E-state index is 11.7. The summed E-state index contributed by atoms with van der Waals surface area (Å²) < 4.78 is 11.7. The summed E-state index contributed by atoms with van der Waals surface area (Å²) in [6.07, 6.45) is -0.643. The SMILES string of the molecule is [3H]O[C@@H]1C[C@](O)(C(=O)OC)C[C@@H](C(C)C(C)C)[C@@H]1[NH-].[Ac]. The van der Waals surface area contributed by atoms with E-state index in [1.54, 1.807) is 0 Å². The van der Waals surface area contributed by atoms with Crippen LogP contribution in [0.25, 0.3) is 5.73 Å². The topological polar surface area (TPSA) is 90.6 Å². The molecule has 0 aromatic carbocycles. The van der Waals surface area contributed by atoms with Crippen molar-refractivity contribution in [3.8, 4) is 0 Å². The van der Waals surface area contributed by atoms with E-state index in [1.807, 2.05) is 20.8 Å². The first-order valence-electron chi connectivity index (χ1n) is 6.81. The third kappa shape index (κ3) is 4.38. The minimum absolute atomic E-state index is 0. The number of nitrogens with one attached hydrogen (secondary N) is 1. The molecule has 19 heavy (non-hydrogen) atoms. The summed E-state index contributed by atoms with van der Waals surface area (Å²) in [5.41, 5.74) is 6.53. The van der Waals surface area contributed by atoms with Crippen LogP contribution in [-0.2, 0) is 9.53 Å². The van der Waals surface area contributed by atoms with Crippen LogP contribution in [0.5, 0.6) is 0 Å². The van der Waals surface area contributed by atoms with E-state index in [1.165, 1.54) is 7.11 Å². The number of carbonyl (C=O) groups excluding carboxylic acids is 1. The van der Waals surface area contributed by atoms with E-state index in [-0.39, 0.29) is 68.7 Å². The van der Waals surface area contributed by atoms with Gasteiger partial charge in [-0.3, -0.25) is 0 Å². The van der Waals surface area contributed by atoms with Crippen LogP contribution >= 0.6 is 0 Å². The average Bonchev–Trinajstić information content (AvgIpc) is 2.39. The standard InChI is InChI=1S/C13H24NO4.Ac/c1-7(2)8(3)9-5-13(17,12(16)18-4)6-10(15)11(9)14;/h7-11,14-15,17H,5-6H2,1-4H3;/q-1;/t8?,9-,10+,11-,13-;/m0./s1/i15T;. The Labute approximate surface area is 152 Å². The molecule has 1 radical (unpaired) electrons. The summed E-state index contributed by atoms with van der Waals surface area (Å²) in [5, 5.41) is 15.0. The van der Waals surface area contributed by atoms with Crippen LogP contribution in [0.4, 0.5) is 0 Å². The summed E-state index contributed by atoms with van der Waals surface area (Å²) in [7, 11) is 1.23. The molecule has 0 aromatic heterocycles. The van der Waals surface area contributed by atoms with Crippen LogP contribution in [0.2, 0.25) is 0 Å². The number of ether oxygens (including phenoxy) is 1. The largest absolute Gasteiger partial charge is 0.672 e. The fraction of sp³-hybridized carbons (Fsp3) is 0.923. The van der Waals surface area contributed by atoms with Gasteiger partial charge in [0, 0.05) is 56.6 Å². The molecule has 0 aliphatic heterocycles. The maximum Gasteiger partial charge on any atom is 0.337 e. The minimum Gasteiger partial charge on any atom is -0.672 e. The third-order valence-electron chi connectivity index (χ3n) is 4.27. The van der Waals surface area contributed by atoms with Gasteiger partial charge in [0.2, 0.25) is 1.43 Å². The first kappa shape index (κ1) is 17.8. The minimum atomic E-state index is -1.65. The van der Waals surface area contributed by atoms with Crippen LogP contribution in [-0.4, -0.2) is 42.5 Å². The van der Waals surface area contributed by atoms with Gasteiger partial charge < -0.3 is 20.7 Å². The molecule has 0 aromatic rings. The molecule has 0 bridgehead atoms. The van der Waals surface area contributed by atoms with Crippen LogP contribution in [0, 0.1) is 61.8 Å². The van der Waals surface area contributed by atoms with Crippen LogP contribution in [0.3, 0.4) is 0 Å². The smallest absolute Gasteiger partial charge is 0.337 e. The fourth-order valence-electron chi connectivity index (χ4n) is 2.70. The molecule has 0 amide bonds. The summed E-state index contributed by atoms with van der Waals surface area (Å²) in [5.74, 6) is -0.434. The zero-order valence-electron chi connectivity index (χ0n) is 13.1. The van der Waals surface area contributed by atoms with E-state index in [0.29, 0.717) is 5.92 Å². The van der Waals surface area contributed by atoms with Gasteiger partial charge in [-0.2, -0.15) is 0 Å². The molecular weight excluding hydrogens is 461 g/mol. The molecule has 0 saturated heterocycles. The van der Waals surface area contributed by atoms with Crippen molar-refractivity contribution in [2.24, 2.45) is 17.8 Å². The molecule has 1 unspecified atom stereocenters. The second-order valence-electron chi connectivity index (χ2n) is 5.76. The number of hydrogen-bond acceptors (Lipinski definition) is 4. The summed E-state index contributed by atoms with van der Waals surface area (Å²) >= 11 is 0. The summed E-state index contributed by atoms with van der Waals surface area (Å²) in [6.45, 7) is 6.08. The van der Waals surface area contributed by atoms with Crippen molar-refractivity contribution in [1.29, 1.82) is 1.43 Å². The monoisotopic (exact) mass is 487 g/mol. The molecule has 109 valence electrons. The third-order valence-corrected chi connectivity index (χ3v) is 4.27. The molecule has 1 rings (SSSR count). The zero-order valence-corrected chi connectivity index (χ0v) is 16.8. The molecule has 5 nitrogen and oxygen atoms in total. The van der Waals surface area contributed by atoms with E-state index in [9.17, 15) is 9.90 Å². The van der Waals surface area contributed by atoms with Crippen LogP contribution < -0.4 is 0 Å². The van der Waals surface area contributed by atoms with Crippen molar-refractivity contribution in [2.45, 2.75) is 51.4 Å². The number of rotatable bonds is 4. The summed E-state index contributed by atoms with van der Waals surface area (Å²) in [6, 6.07) is -0.611. The van der Waals surface area contributed by atoms with Gasteiger partial charge in [0.1, 0.15) is 0 Å². The average molecular weight is 487 g/mol. The molecule has 1 aliphatic rings. The van der Waals surface area contributed by atoms with Crippen LogP contribution in [0.15, 0.2) is 0 Å². The molecule has 6 heteroatoms. The normalized spacial score (nSPS) is 37.2. The molecule has 0 heterocycles. The number of aliphatic hydroxyl groups is 2. The number of carbonyl (C=O) groups is 1. The van der Waals surface area contributed by atoms with Gasteiger partial charge in [-0.05, 0) is 24.2 Å². The number of methoxy groups -OCH3 is 1. The van der Waals surface area contributed by atoms with Gasteiger partial charge in [0.15, 0.2) is 5.60 Å². The van der Waals surface area contributed by atoms with Gasteiger partial charge in [-0.1, -0.05) is 20.8 Å². The maximum atomic E-state index is 11.7. The van der Waals surface area contributed by atoms with E-state index < -0.39 is 23.7 Å². The van der Waals surface area contributed by atoms with Crippen molar-refractivity contribution in [3.05, 3.63) is 5.73 Å². The predicted octanol–water partition coefficient (Wildman–Crippen LogP) is 1.37. The Morgan fingerprint density at radius 3 is 2.47 bits per heavy atom. The first-order chi connectivity index (χ1) is 8.76. The van der Waals surface area contributed by atoms with Crippen molar-refractivity contribution in [1.82, 2.24) is 0 Å². The second-order valence-corrected chi connectivity index (χ2v) is 5.76. The zero-order chi connectivity index (χ0) is 14.8. The first-order valence-corrected chi connectivity index (χ1v) is 6.40. The molecular formula is C13H24AcNO4-. The van der Waals surface area contributed by atoms with Crippen molar-refractivity contribution >= 4 is 5.97 Å². The Morgan fingerprint density at radius 2 is 2.05 bits per heavy atom. The van der Waals surface area contributed by atoms with Gasteiger partial charge in [-0.15, -0.1) is 6.04 Å². The van der Waals surface area contributed by atoms with Gasteiger partial charge in [-0.25, -0.2) is 4.79 Å². The molecule has 0 spiro atoms. The predicted molar refractivity (Wildman–Crippen MR) is 67.8 cm³/mol. The Balaban J connectivity index is 0.00000361. The Morgan fingerprint density at radius 1 is 1.47 bits per heavy atom. The van der Waals surface area contributed by atoms with Crippen molar-refractivity contribution in [2.75, 3.05) is 7.11 Å². The fourth-order valence-corrected chi connectivity index (χ4v) is 2.70. The van der Waals surface area contributed by atoms with Gasteiger partial charge >= 0.3 is 5.97 Å². The molecule has 1 saturated carbocycles. The number of hydrogen-bond donors (Lipinski definition) is 2. The molecule has 5 atom stereocenters. The van der Waals surface area contributed by atoms with E-state index in [0.717, 1.165) is 0 Å². The van der Waals surface area contributed by atoms with Crippen molar-refractivity contribution < 1.29 is 63.8 Å². The van der Waals surface area contributed by atoms with Crippen LogP contribution in [0.1, 0.15) is 33.6 Å². The van der Waals surface area contributed by atoms with E-state index in [4.69, 9.17) is 7.16 Å². The van der Waals surface area contributed by atoms with E-state index >= 15 is 0 Å². The number of aliphatic hydroxyl groups excluding tert-OH is 1. The molecule has 3 N–H and O–H groups in total. The summed E-state index contributed by atoms with van der Waals surface area (Å²) in [4.78, 5) is 11.7. The Kier molecular flexibility index (Phi) is 7.23. The molecule has 1 fully saturated rings. The second kappa shape index (κ2) is 7.70. The van der Waals surface area contributed by atoms with Gasteiger partial charge in [0.25, 0.3) is 0 Å². The van der Waals surface area contributed by atoms with Crippen molar-refractivity contribution in [3.63, 3.8) is 0 Å². The number of esters is 1.